The van der Waals surface area contributed by atoms with Crippen molar-refractivity contribution in [1.29, 1.82) is 0 Å². The number of Topliss-reactive ketones (excluding diaryl/α,β-unsaturated/α-hetero) is 1. The van der Waals surface area contributed by atoms with E-state index in [1.165, 1.54) is 16.5 Å². The second kappa shape index (κ2) is 7.79. The van der Waals surface area contributed by atoms with Gasteiger partial charge >= 0.3 is 0 Å². The molecule has 4 rings (SSSR count). The third-order valence-corrected chi connectivity index (χ3v) is 5.65. The van der Waals surface area contributed by atoms with Crippen LogP contribution < -0.4 is 5.56 Å². The predicted octanol–water partition coefficient (Wildman–Crippen LogP) is 4.51. The zero-order valence-corrected chi connectivity index (χ0v) is 17.8. The summed E-state index contributed by atoms with van der Waals surface area (Å²) >= 11 is 3.38. The first-order valence-corrected chi connectivity index (χ1v) is 10.1. The summed E-state index contributed by atoms with van der Waals surface area (Å²) in [6, 6.07) is 17.4. The normalized spacial score (nSPS) is 11.1. The average Bonchev–Trinajstić information content (AvgIpc) is 2.99. The zero-order chi connectivity index (χ0) is 20.5. The van der Waals surface area contributed by atoms with Gasteiger partial charge in [-0.15, -0.1) is 0 Å². The molecule has 0 fully saturated rings. The summed E-state index contributed by atoms with van der Waals surface area (Å²) in [6.45, 7) is 4.61. The lowest BCUT2D eigenvalue weighted by molar-refractivity contribution is 0.0970. The summed E-state index contributed by atoms with van der Waals surface area (Å²) in [5.74, 6) is -0.101. The van der Waals surface area contributed by atoms with E-state index < -0.39 is 0 Å². The second-order valence-corrected chi connectivity index (χ2v) is 8.03. The van der Waals surface area contributed by atoms with Gasteiger partial charge in [-0.1, -0.05) is 46.3 Å². The summed E-state index contributed by atoms with van der Waals surface area (Å²) in [4.78, 5) is 30.1. The maximum Gasteiger partial charge on any atom is 0.261 e. The number of benzene rings is 2. The van der Waals surface area contributed by atoms with Gasteiger partial charge in [-0.3, -0.25) is 14.2 Å². The molecule has 29 heavy (non-hydrogen) atoms. The van der Waals surface area contributed by atoms with E-state index >= 15 is 0 Å². The molecule has 0 aliphatic carbocycles. The van der Waals surface area contributed by atoms with Gasteiger partial charge in [-0.2, -0.15) is 0 Å². The fourth-order valence-corrected chi connectivity index (χ4v) is 3.94. The molecule has 0 N–H and O–H groups in total. The van der Waals surface area contributed by atoms with Crippen LogP contribution in [0.5, 0.6) is 0 Å². The summed E-state index contributed by atoms with van der Waals surface area (Å²) < 4.78 is 4.30. The Morgan fingerprint density at radius 1 is 1.07 bits per heavy atom. The van der Waals surface area contributed by atoms with Gasteiger partial charge < -0.3 is 4.57 Å². The van der Waals surface area contributed by atoms with Crippen molar-refractivity contribution < 1.29 is 4.79 Å². The first-order chi connectivity index (χ1) is 13.9. The lowest BCUT2D eigenvalue weighted by Gasteiger charge is -2.10. The van der Waals surface area contributed by atoms with Crippen molar-refractivity contribution in [1.82, 2.24) is 14.1 Å². The smallest absolute Gasteiger partial charge is 0.261 e. The number of nitrogens with zero attached hydrogens (tertiary/aromatic N) is 3. The van der Waals surface area contributed by atoms with Crippen LogP contribution in [0.1, 0.15) is 27.3 Å². The summed E-state index contributed by atoms with van der Waals surface area (Å²) in [6.07, 6.45) is 1.44. The van der Waals surface area contributed by atoms with Crippen LogP contribution in [0.15, 0.2) is 70.2 Å². The van der Waals surface area contributed by atoms with E-state index in [0.29, 0.717) is 23.0 Å². The number of carbonyl (C=O) groups is 1. The molecule has 0 saturated heterocycles. The van der Waals surface area contributed by atoms with Crippen molar-refractivity contribution in [3.63, 3.8) is 0 Å². The van der Waals surface area contributed by atoms with Crippen LogP contribution >= 0.6 is 15.9 Å². The third kappa shape index (κ3) is 3.80. The van der Waals surface area contributed by atoms with Crippen LogP contribution in [0.3, 0.4) is 0 Å². The van der Waals surface area contributed by atoms with Crippen LogP contribution in [0, 0.1) is 13.8 Å². The molecule has 0 atom stereocenters. The monoisotopic (exact) mass is 449 g/mol. The highest BCUT2D eigenvalue weighted by Crippen LogP contribution is 2.19. The van der Waals surface area contributed by atoms with Crippen LogP contribution in [0.25, 0.3) is 10.9 Å². The molecule has 0 aliphatic rings. The summed E-state index contributed by atoms with van der Waals surface area (Å²) in [5.41, 5.74) is 4.13. The minimum absolute atomic E-state index is 0.0378. The van der Waals surface area contributed by atoms with Crippen molar-refractivity contribution >= 4 is 32.6 Å². The average molecular weight is 450 g/mol. The zero-order valence-electron chi connectivity index (χ0n) is 16.2. The van der Waals surface area contributed by atoms with Gasteiger partial charge in [-0.05, 0) is 43.7 Å². The summed E-state index contributed by atoms with van der Waals surface area (Å²) in [5, 5.41) is 0.490. The van der Waals surface area contributed by atoms with Gasteiger partial charge in [0.15, 0.2) is 5.78 Å². The molecule has 6 heteroatoms. The number of aryl methyl sites for hydroxylation is 1. The quantitative estimate of drug-likeness (QED) is 0.421. The largest absolute Gasteiger partial charge is 0.344 e. The first kappa shape index (κ1) is 19.3. The van der Waals surface area contributed by atoms with E-state index in [9.17, 15) is 9.59 Å². The molecule has 0 aliphatic heterocycles. The topological polar surface area (TPSA) is 56.9 Å². The van der Waals surface area contributed by atoms with Crippen molar-refractivity contribution in [3.05, 3.63) is 98.3 Å². The molecule has 2 aromatic carbocycles. The number of ketones is 1. The van der Waals surface area contributed by atoms with E-state index in [-0.39, 0.29) is 17.9 Å². The number of aromatic nitrogens is 3. The van der Waals surface area contributed by atoms with Gasteiger partial charge in [0.1, 0.15) is 0 Å². The second-order valence-electron chi connectivity index (χ2n) is 7.12. The van der Waals surface area contributed by atoms with Crippen molar-refractivity contribution in [2.45, 2.75) is 26.9 Å². The Bertz CT molecular complexity index is 1270. The number of rotatable bonds is 5. The molecule has 0 unspecified atom stereocenters. The molecule has 2 aromatic heterocycles. The Kier molecular flexibility index (Phi) is 5.20. The van der Waals surface area contributed by atoms with E-state index in [1.807, 2.05) is 44.2 Å². The number of fused-ring (bicyclic) bond motifs is 1. The fraction of sp³-hybridized carbons (Fsp3) is 0.174. The van der Waals surface area contributed by atoms with E-state index in [2.05, 4.69) is 37.6 Å². The minimum Gasteiger partial charge on any atom is -0.344 e. The molecule has 4 aromatic rings. The Morgan fingerprint density at radius 2 is 1.83 bits per heavy atom. The van der Waals surface area contributed by atoms with Gasteiger partial charge in [-0.25, -0.2) is 4.98 Å². The standard InChI is InChI=1S/C23H20BrN3O2/c1-15-10-19(16(2)27(15)12-17-6-4-3-5-7-17)22(28)13-26-14-25-21-9-8-18(24)11-20(21)23(26)29/h3-11,14H,12-13H2,1-2H3. The molecule has 0 saturated carbocycles. The van der Waals surface area contributed by atoms with Crippen LogP contribution in [0.4, 0.5) is 0 Å². The Labute approximate surface area is 176 Å². The van der Waals surface area contributed by atoms with Crippen LogP contribution in [-0.2, 0) is 13.1 Å². The Morgan fingerprint density at radius 3 is 2.59 bits per heavy atom. The van der Waals surface area contributed by atoms with E-state index in [1.54, 1.807) is 12.1 Å². The molecule has 0 bridgehead atoms. The maximum absolute atomic E-state index is 13.0. The minimum atomic E-state index is -0.220. The lowest BCUT2D eigenvalue weighted by atomic mass is 10.1. The van der Waals surface area contributed by atoms with Crippen molar-refractivity contribution in [2.24, 2.45) is 0 Å². The van der Waals surface area contributed by atoms with Gasteiger partial charge in [0, 0.05) is 28.0 Å². The highest BCUT2D eigenvalue weighted by Gasteiger charge is 2.17. The number of hydrogen-bond donors (Lipinski definition) is 0. The lowest BCUT2D eigenvalue weighted by Crippen LogP contribution is -2.25. The molecule has 0 radical (unpaired) electrons. The molecule has 0 amide bonds. The molecule has 146 valence electrons. The first-order valence-electron chi connectivity index (χ1n) is 9.32. The van der Waals surface area contributed by atoms with Gasteiger partial charge in [0.05, 0.1) is 23.8 Å². The highest BCUT2D eigenvalue weighted by molar-refractivity contribution is 9.10. The highest BCUT2D eigenvalue weighted by atomic mass is 79.9. The van der Waals surface area contributed by atoms with Gasteiger partial charge in [0.2, 0.25) is 0 Å². The van der Waals surface area contributed by atoms with E-state index in [0.717, 1.165) is 15.9 Å². The van der Waals surface area contributed by atoms with E-state index in [4.69, 9.17) is 0 Å². The molecule has 2 heterocycles. The van der Waals surface area contributed by atoms with Crippen LogP contribution in [-0.4, -0.2) is 19.9 Å². The molecule has 5 nitrogen and oxygen atoms in total. The SMILES string of the molecule is Cc1cc(C(=O)Cn2cnc3ccc(Br)cc3c2=O)c(C)n1Cc1ccccc1. The number of halogens is 1. The third-order valence-electron chi connectivity index (χ3n) is 5.16. The number of carbonyl (C=O) groups excluding carboxylic acids is 1. The fourth-order valence-electron chi connectivity index (χ4n) is 3.58. The number of hydrogen-bond acceptors (Lipinski definition) is 3. The van der Waals surface area contributed by atoms with Crippen molar-refractivity contribution in [3.8, 4) is 0 Å². The molecular formula is C23H20BrN3O2. The Balaban J connectivity index is 1.64. The van der Waals surface area contributed by atoms with Crippen LogP contribution in [0.2, 0.25) is 0 Å². The Hall–Kier alpha value is -2.99. The maximum atomic E-state index is 13.0. The van der Waals surface area contributed by atoms with Crippen molar-refractivity contribution in [2.75, 3.05) is 0 Å². The molecular weight excluding hydrogens is 430 g/mol. The molecule has 0 spiro atoms. The van der Waals surface area contributed by atoms with Gasteiger partial charge in [0.25, 0.3) is 5.56 Å². The summed E-state index contributed by atoms with van der Waals surface area (Å²) in [7, 11) is 0. The predicted molar refractivity (Wildman–Crippen MR) is 117 cm³/mol.